The first-order valence-electron chi connectivity index (χ1n) is 12.4. The lowest BCUT2D eigenvalue weighted by Crippen LogP contribution is -2.37. The van der Waals surface area contributed by atoms with Crippen LogP contribution in [0.5, 0.6) is 11.5 Å². The van der Waals surface area contributed by atoms with Crippen molar-refractivity contribution in [3.63, 3.8) is 0 Å². The Labute approximate surface area is 227 Å². The van der Waals surface area contributed by atoms with Crippen LogP contribution in [0.4, 0.5) is 24.7 Å². The topological polar surface area (TPSA) is 90.6 Å². The molecule has 1 aliphatic rings. The molecule has 0 spiro atoms. The van der Waals surface area contributed by atoms with Gasteiger partial charge in [-0.3, -0.25) is 14.5 Å². The van der Waals surface area contributed by atoms with Gasteiger partial charge in [0.1, 0.15) is 17.2 Å². The molecule has 0 aliphatic carbocycles. The van der Waals surface area contributed by atoms with Gasteiger partial charge in [0.2, 0.25) is 0 Å². The first kappa shape index (κ1) is 27.0. The van der Waals surface area contributed by atoms with Crippen LogP contribution in [0.1, 0.15) is 16.7 Å². The third-order valence-electron chi connectivity index (χ3n) is 6.62. The predicted molar refractivity (Wildman–Crippen MR) is 142 cm³/mol. The van der Waals surface area contributed by atoms with Gasteiger partial charge < -0.3 is 19.4 Å². The van der Waals surface area contributed by atoms with Crippen LogP contribution >= 0.6 is 0 Å². The van der Waals surface area contributed by atoms with Crippen molar-refractivity contribution in [2.45, 2.75) is 25.9 Å². The van der Waals surface area contributed by atoms with Crippen molar-refractivity contribution in [1.29, 1.82) is 0 Å². The highest BCUT2D eigenvalue weighted by Crippen LogP contribution is 2.28. The molecule has 1 aliphatic heterocycles. The van der Waals surface area contributed by atoms with E-state index >= 15 is 0 Å². The molecule has 1 N–H and O–H groups in total. The first-order valence-corrected chi connectivity index (χ1v) is 12.4. The standard InChI is InChI=1S/C28H26F3N5O4/c1-34-14-3-4-24(27(34)38)32-25-23-17-35(16-18-5-9-20(39-2)10-6-18)15-13-22(23)26(37)36(33-25)19-7-11-21(12-8-19)40-28(29,30)31/h3-12,14H,13,15-17H2,1-2H3,(H,32,33). The third-order valence-corrected chi connectivity index (χ3v) is 6.62. The summed E-state index contributed by atoms with van der Waals surface area (Å²) < 4.78 is 49.5. The molecule has 2 aromatic heterocycles. The molecule has 0 radical (unpaired) electrons. The summed E-state index contributed by atoms with van der Waals surface area (Å²) in [6.07, 6.45) is -2.79. The van der Waals surface area contributed by atoms with E-state index in [1.807, 2.05) is 24.3 Å². The van der Waals surface area contributed by atoms with Crippen LogP contribution in [0.2, 0.25) is 0 Å². The summed E-state index contributed by atoms with van der Waals surface area (Å²) in [4.78, 5) is 28.5. The van der Waals surface area contributed by atoms with Crippen molar-refractivity contribution in [2.24, 2.45) is 7.05 Å². The van der Waals surface area contributed by atoms with Crippen LogP contribution in [0.3, 0.4) is 0 Å². The van der Waals surface area contributed by atoms with Crippen molar-refractivity contribution in [3.05, 3.63) is 104 Å². The van der Waals surface area contributed by atoms with Crippen molar-refractivity contribution in [3.8, 4) is 17.2 Å². The van der Waals surface area contributed by atoms with E-state index in [0.29, 0.717) is 43.0 Å². The molecular formula is C28H26F3N5O4. The van der Waals surface area contributed by atoms with E-state index in [1.165, 1.54) is 16.7 Å². The second-order valence-electron chi connectivity index (χ2n) is 9.34. The summed E-state index contributed by atoms with van der Waals surface area (Å²) in [6, 6.07) is 15.9. The normalized spacial score (nSPS) is 13.5. The van der Waals surface area contributed by atoms with E-state index in [1.54, 1.807) is 32.5 Å². The zero-order chi connectivity index (χ0) is 28.4. The van der Waals surface area contributed by atoms with Gasteiger partial charge in [-0.05, 0) is 60.5 Å². The minimum atomic E-state index is -4.83. The lowest BCUT2D eigenvalue weighted by Gasteiger charge is -2.30. The number of halogens is 3. The molecule has 0 atom stereocenters. The predicted octanol–water partition coefficient (Wildman–Crippen LogP) is 4.14. The largest absolute Gasteiger partial charge is 0.573 e. The first-order chi connectivity index (χ1) is 19.1. The van der Waals surface area contributed by atoms with Gasteiger partial charge >= 0.3 is 6.36 Å². The van der Waals surface area contributed by atoms with Crippen molar-refractivity contribution < 1.29 is 22.6 Å². The molecule has 2 aromatic carbocycles. The highest BCUT2D eigenvalue weighted by atomic mass is 19.4. The molecule has 208 valence electrons. The van der Waals surface area contributed by atoms with Gasteiger partial charge in [0, 0.05) is 44.0 Å². The maximum absolute atomic E-state index is 13.6. The van der Waals surface area contributed by atoms with E-state index in [0.717, 1.165) is 28.1 Å². The van der Waals surface area contributed by atoms with Gasteiger partial charge in [-0.1, -0.05) is 12.1 Å². The van der Waals surface area contributed by atoms with Crippen molar-refractivity contribution >= 4 is 11.5 Å². The molecule has 4 aromatic rings. The zero-order valence-corrected chi connectivity index (χ0v) is 21.7. The maximum atomic E-state index is 13.6. The van der Waals surface area contributed by atoms with Crippen molar-refractivity contribution in [1.82, 2.24) is 19.2 Å². The molecule has 12 heteroatoms. The molecule has 0 amide bonds. The van der Waals surface area contributed by atoms with Crippen LogP contribution in [-0.2, 0) is 26.6 Å². The Balaban J connectivity index is 1.53. The number of anilines is 2. The van der Waals surface area contributed by atoms with E-state index in [2.05, 4.69) is 20.1 Å². The fraction of sp³-hybridized carbons (Fsp3) is 0.250. The average Bonchev–Trinajstić information content (AvgIpc) is 2.93. The summed E-state index contributed by atoms with van der Waals surface area (Å²) in [5.41, 5.74) is 2.11. The Morgan fingerprint density at radius 3 is 2.33 bits per heavy atom. The molecule has 0 unspecified atom stereocenters. The Bertz CT molecular complexity index is 1630. The number of methoxy groups -OCH3 is 1. The molecule has 0 fully saturated rings. The minimum Gasteiger partial charge on any atom is -0.497 e. The lowest BCUT2D eigenvalue weighted by molar-refractivity contribution is -0.274. The Morgan fingerprint density at radius 1 is 0.950 bits per heavy atom. The summed E-state index contributed by atoms with van der Waals surface area (Å²) in [5.74, 6) is 0.655. The number of hydrogen-bond donors (Lipinski definition) is 1. The van der Waals surface area contributed by atoms with Gasteiger partial charge in [0.15, 0.2) is 5.82 Å². The number of rotatable bonds is 7. The molecule has 9 nitrogen and oxygen atoms in total. The van der Waals surface area contributed by atoms with Gasteiger partial charge in [0.05, 0.1) is 12.8 Å². The van der Waals surface area contributed by atoms with Crippen molar-refractivity contribution in [2.75, 3.05) is 19.0 Å². The number of benzene rings is 2. The fourth-order valence-electron chi connectivity index (χ4n) is 4.61. The quantitative estimate of drug-likeness (QED) is 0.368. The van der Waals surface area contributed by atoms with Crippen LogP contribution in [0.15, 0.2) is 76.4 Å². The van der Waals surface area contributed by atoms with E-state index in [-0.39, 0.29) is 22.5 Å². The number of aryl methyl sites for hydroxylation is 1. The summed E-state index contributed by atoms with van der Waals surface area (Å²) in [7, 11) is 3.23. The number of pyridine rings is 1. The summed E-state index contributed by atoms with van der Waals surface area (Å²) in [6.45, 7) is 1.63. The third kappa shape index (κ3) is 5.86. The smallest absolute Gasteiger partial charge is 0.497 e. The molecule has 5 rings (SSSR count). The molecule has 40 heavy (non-hydrogen) atoms. The monoisotopic (exact) mass is 553 g/mol. The number of nitrogens with one attached hydrogen (secondary N) is 1. The maximum Gasteiger partial charge on any atom is 0.573 e. The fourth-order valence-corrected chi connectivity index (χ4v) is 4.61. The Hall–Kier alpha value is -4.58. The number of nitrogens with zero attached hydrogens (tertiary/aromatic N) is 4. The number of hydrogen-bond acceptors (Lipinski definition) is 7. The van der Waals surface area contributed by atoms with Crippen LogP contribution in [0, 0.1) is 0 Å². The lowest BCUT2D eigenvalue weighted by atomic mass is 10.0. The van der Waals surface area contributed by atoms with Gasteiger partial charge in [0.25, 0.3) is 11.1 Å². The summed E-state index contributed by atoms with van der Waals surface area (Å²) >= 11 is 0. The van der Waals surface area contributed by atoms with Crippen LogP contribution in [0.25, 0.3) is 5.69 Å². The van der Waals surface area contributed by atoms with Gasteiger partial charge in [-0.2, -0.15) is 4.68 Å². The number of fused-ring (bicyclic) bond motifs is 1. The molecule has 0 saturated heterocycles. The zero-order valence-electron chi connectivity index (χ0n) is 21.7. The second kappa shape index (κ2) is 10.9. The highest BCUT2D eigenvalue weighted by molar-refractivity contribution is 5.60. The Morgan fingerprint density at radius 2 is 1.65 bits per heavy atom. The second-order valence-corrected chi connectivity index (χ2v) is 9.34. The molecular weight excluding hydrogens is 527 g/mol. The minimum absolute atomic E-state index is 0.256. The van der Waals surface area contributed by atoms with E-state index in [9.17, 15) is 22.8 Å². The van der Waals surface area contributed by atoms with E-state index in [4.69, 9.17) is 4.74 Å². The summed E-state index contributed by atoms with van der Waals surface area (Å²) in [5, 5.41) is 7.63. The SMILES string of the molecule is COc1ccc(CN2CCc3c(c(Nc4cccn(C)c4=O)nn(-c4ccc(OC(F)(F)F)cc4)c3=O)C2)cc1. The highest BCUT2D eigenvalue weighted by Gasteiger charge is 2.31. The number of ether oxygens (including phenoxy) is 2. The molecule has 0 saturated carbocycles. The average molecular weight is 554 g/mol. The van der Waals surface area contributed by atoms with Gasteiger partial charge in [-0.25, -0.2) is 0 Å². The number of alkyl halides is 3. The van der Waals surface area contributed by atoms with Gasteiger partial charge in [-0.15, -0.1) is 18.3 Å². The number of aromatic nitrogens is 3. The Kier molecular flexibility index (Phi) is 7.35. The van der Waals surface area contributed by atoms with Crippen LogP contribution in [-0.4, -0.2) is 39.3 Å². The van der Waals surface area contributed by atoms with Crippen LogP contribution < -0.4 is 25.9 Å². The van der Waals surface area contributed by atoms with E-state index < -0.39 is 12.1 Å². The molecule has 3 heterocycles. The molecule has 0 bridgehead atoms.